The highest BCUT2D eigenvalue weighted by Gasteiger charge is 2.28. The van der Waals surface area contributed by atoms with Crippen molar-refractivity contribution in [1.29, 1.82) is 0 Å². The van der Waals surface area contributed by atoms with Crippen LogP contribution in [0.2, 0.25) is 0 Å². The Kier molecular flexibility index (Phi) is 5.95. The van der Waals surface area contributed by atoms with Crippen LogP contribution in [0, 0.1) is 13.8 Å². The average Bonchev–Trinajstić information content (AvgIpc) is 2.59. The minimum absolute atomic E-state index is 0.0186. The van der Waals surface area contributed by atoms with Crippen LogP contribution in [0.25, 0.3) is 0 Å². The quantitative estimate of drug-likeness (QED) is 0.751. The number of benzene rings is 2. The van der Waals surface area contributed by atoms with Crippen LogP contribution in [0.15, 0.2) is 41.3 Å². The second-order valence-electron chi connectivity index (χ2n) is 8.94. The van der Waals surface area contributed by atoms with E-state index < -0.39 is 20.0 Å². The number of hydrogen-bond acceptors (Lipinski definition) is 4. The first-order valence-corrected chi connectivity index (χ1v) is 13.2. The van der Waals surface area contributed by atoms with Gasteiger partial charge in [-0.15, -0.1) is 0 Å². The van der Waals surface area contributed by atoms with Gasteiger partial charge in [0.15, 0.2) is 0 Å². The van der Waals surface area contributed by atoms with Gasteiger partial charge in [0, 0.05) is 12.2 Å². The Bertz CT molecular complexity index is 1120. The van der Waals surface area contributed by atoms with Crippen molar-refractivity contribution in [3.05, 3.63) is 53.1 Å². The topological polar surface area (TPSA) is 83.6 Å². The smallest absolute Gasteiger partial charge is 0.262 e. The molecule has 1 aliphatic heterocycles. The summed E-state index contributed by atoms with van der Waals surface area (Å²) in [4.78, 5) is 0.181. The summed E-state index contributed by atoms with van der Waals surface area (Å²) < 4.78 is 55.1. The lowest BCUT2D eigenvalue weighted by Crippen LogP contribution is -2.38. The predicted molar refractivity (Wildman–Crippen MR) is 122 cm³/mol. The van der Waals surface area contributed by atoms with Gasteiger partial charge in [-0.2, -0.15) is 0 Å². The van der Waals surface area contributed by atoms with Crippen molar-refractivity contribution in [2.75, 3.05) is 21.3 Å². The summed E-state index contributed by atoms with van der Waals surface area (Å²) in [5, 5.41) is 0. The van der Waals surface area contributed by atoms with Crippen LogP contribution in [-0.4, -0.2) is 29.1 Å². The van der Waals surface area contributed by atoms with E-state index in [1.54, 1.807) is 38.1 Å². The number of rotatable bonds is 4. The maximum absolute atomic E-state index is 13.1. The molecule has 1 aliphatic rings. The monoisotopic (exact) mass is 450 g/mol. The zero-order valence-corrected chi connectivity index (χ0v) is 19.8. The molecule has 0 unspecified atom stereocenters. The molecular formula is C22H30N2O4S2. The fraction of sp³-hybridized carbons (Fsp3) is 0.455. The molecule has 0 bridgehead atoms. The predicted octanol–water partition coefficient (Wildman–Crippen LogP) is 4.33. The van der Waals surface area contributed by atoms with E-state index >= 15 is 0 Å². The van der Waals surface area contributed by atoms with E-state index in [4.69, 9.17) is 0 Å². The van der Waals surface area contributed by atoms with Gasteiger partial charge in [-0.25, -0.2) is 16.8 Å². The van der Waals surface area contributed by atoms with Crippen LogP contribution in [0.5, 0.6) is 0 Å². The van der Waals surface area contributed by atoms with Gasteiger partial charge in [0.1, 0.15) is 0 Å². The maximum atomic E-state index is 13.1. The Labute approximate surface area is 180 Å². The molecule has 2 aromatic carbocycles. The third kappa shape index (κ3) is 4.64. The normalized spacial score (nSPS) is 17.0. The first kappa shape index (κ1) is 22.6. The van der Waals surface area contributed by atoms with Gasteiger partial charge in [0.25, 0.3) is 10.0 Å². The molecule has 6 nitrogen and oxygen atoms in total. The van der Waals surface area contributed by atoms with Gasteiger partial charge < -0.3 is 0 Å². The van der Waals surface area contributed by atoms with Gasteiger partial charge in [-0.05, 0) is 73.1 Å². The highest BCUT2D eigenvalue weighted by atomic mass is 32.2. The number of hydrogen-bond donors (Lipinski definition) is 1. The molecule has 0 saturated carbocycles. The van der Waals surface area contributed by atoms with Crippen molar-refractivity contribution in [2.24, 2.45) is 0 Å². The van der Waals surface area contributed by atoms with Crippen LogP contribution in [0.3, 0.4) is 0 Å². The second-order valence-corrected chi connectivity index (χ2v) is 12.6. The van der Waals surface area contributed by atoms with Gasteiger partial charge in [-0.3, -0.25) is 9.03 Å². The fourth-order valence-electron chi connectivity index (χ4n) is 3.82. The van der Waals surface area contributed by atoms with Crippen molar-refractivity contribution < 1.29 is 16.8 Å². The molecule has 1 saturated heterocycles. The highest BCUT2D eigenvalue weighted by Crippen LogP contribution is 2.31. The molecule has 0 radical (unpaired) electrons. The summed E-state index contributed by atoms with van der Waals surface area (Å²) in [6, 6.07) is 10.7. The molecule has 3 rings (SSSR count). The lowest BCUT2D eigenvalue weighted by Gasteiger charge is -2.29. The van der Waals surface area contributed by atoms with E-state index in [2.05, 4.69) is 25.5 Å². The molecule has 0 aliphatic carbocycles. The summed E-state index contributed by atoms with van der Waals surface area (Å²) in [5.74, 6) is 0.122. The lowest BCUT2D eigenvalue weighted by atomic mass is 9.87. The van der Waals surface area contributed by atoms with Crippen LogP contribution in [0.4, 0.5) is 11.4 Å². The van der Waals surface area contributed by atoms with Gasteiger partial charge in [0.05, 0.1) is 16.3 Å². The minimum atomic E-state index is -3.82. The molecule has 0 amide bonds. The number of sulfonamides is 2. The Balaban J connectivity index is 1.93. The number of nitrogens with zero attached hydrogens (tertiary/aromatic N) is 1. The molecule has 8 heteroatoms. The van der Waals surface area contributed by atoms with Crippen LogP contribution in [-0.2, 0) is 25.5 Å². The van der Waals surface area contributed by atoms with E-state index in [9.17, 15) is 16.8 Å². The Morgan fingerprint density at radius 2 is 1.53 bits per heavy atom. The van der Waals surface area contributed by atoms with Crippen molar-refractivity contribution in [2.45, 2.75) is 57.8 Å². The van der Waals surface area contributed by atoms with Gasteiger partial charge in [-0.1, -0.05) is 32.9 Å². The molecule has 1 N–H and O–H groups in total. The number of aryl methyl sites for hydroxylation is 2. The molecule has 0 spiro atoms. The first-order valence-electron chi connectivity index (χ1n) is 10.1. The molecule has 0 atom stereocenters. The molecule has 164 valence electrons. The van der Waals surface area contributed by atoms with Crippen molar-refractivity contribution in [3.63, 3.8) is 0 Å². The Hall–Kier alpha value is -2.06. The van der Waals surface area contributed by atoms with Crippen LogP contribution < -0.4 is 9.03 Å². The molecular weight excluding hydrogens is 420 g/mol. The summed E-state index contributed by atoms with van der Waals surface area (Å²) in [6.07, 6.45) is 1.45. The zero-order valence-electron chi connectivity index (χ0n) is 18.2. The number of nitrogens with one attached hydrogen (secondary N) is 1. The maximum Gasteiger partial charge on any atom is 0.262 e. The molecule has 1 heterocycles. The fourth-order valence-corrected chi connectivity index (χ4v) is 6.96. The summed E-state index contributed by atoms with van der Waals surface area (Å²) in [6.45, 7) is 10.1. The van der Waals surface area contributed by atoms with Crippen LogP contribution in [0.1, 0.15) is 50.3 Å². The minimum Gasteiger partial charge on any atom is -0.280 e. The van der Waals surface area contributed by atoms with Crippen LogP contribution >= 0.6 is 0 Å². The Morgan fingerprint density at radius 1 is 0.967 bits per heavy atom. The molecule has 30 heavy (non-hydrogen) atoms. The third-order valence-corrected chi connectivity index (χ3v) is 8.91. The third-order valence-electron chi connectivity index (χ3n) is 5.35. The van der Waals surface area contributed by atoms with E-state index in [0.717, 1.165) is 12.0 Å². The molecule has 1 fully saturated rings. The SMILES string of the molecule is Cc1cc(N2CCCCS2(=O)=O)cc(C)c1S(=O)(=O)Nc1ccc(C(C)(C)C)cc1. The first-order chi connectivity index (χ1) is 13.8. The largest absolute Gasteiger partial charge is 0.280 e. The molecule has 0 aromatic heterocycles. The van der Waals surface area contributed by atoms with Gasteiger partial charge >= 0.3 is 0 Å². The molecule has 2 aromatic rings. The Morgan fingerprint density at radius 3 is 2.03 bits per heavy atom. The van der Waals surface area contributed by atoms with Gasteiger partial charge in [0.2, 0.25) is 10.0 Å². The lowest BCUT2D eigenvalue weighted by molar-refractivity contribution is 0.574. The van der Waals surface area contributed by atoms with E-state index in [-0.39, 0.29) is 16.1 Å². The van der Waals surface area contributed by atoms with E-state index in [1.165, 1.54) is 4.31 Å². The standard InChI is InChI=1S/C22H30N2O4S2/c1-16-14-20(24-12-6-7-13-29(24,25)26)15-17(2)21(16)30(27,28)23-19-10-8-18(9-11-19)22(3,4)5/h8-11,14-15,23H,6-7,12-13H2,1-5H3. The second kappa shape index (κ2) is 7.89. The highest BCUT2D eigenvalue weighted by molar-refractivity contribution is 7.93. The summed E-state index contributed by atoms with van der Waals surface area (Å²) >= 11 is 0. The van der Waals surface area contributed by atoms with E-state index in [0.29, 0.717) is 35.5 Å². The van der Waals surface area contributed by atoms with Crippen molar-refractivity contribution in [3.8, 4) is 0 Å². The van der Waals surface area contributed by atoms with Crippen molar-refractivity contribution in [1.82, 2.24) is 0 Å². The summed E-state index contributed by atoms with van der Waals surface area (Å²) in [7, 11) is -7.17. The average molecular weight is 451 g/mol. The summed E-state index contributed by atoms with van der Waals surface area (Å²) in [5.41, 5.74) is 3.15. The van der Waals surface area contributed by atoms with Crippen molar-refractivity contribution >= 4 is 31.4 Å². The van der Waals surface area contributed by atoms with E-state index in [1.807, 2.05) is 12.1 Å². The zero-order chi connectivity index (χ0) is 22.3. The number of anilines is 2.